The van der Waals surface area contributed by atoms with E-state index in [1.807, 2.05) is 0 Å². The van der Waals surface area contributed by atoms with Gasteiger partial charge in [-0.05, 0) is 37.3 Å². The maximum absolute atomic E-state index is 12.6. The van der Waals surface area contributed by atoms with E-state index in [1.54, 1.807) is 19.1 Å². The molecule has 0 heterocycles. The minimum atomic E-state index is -4.64. The highest BCUT2D eigenvalue weighted by atomic mass is 32.2. The maximum Gasteiger partial charge on any atom is 0.338 e. The van der Waals surface area contributed by atoms with Crippen molar-refractivity contribution in [1.82, 2.24) is 0 Å². The first-order valence-electron chi connectivity index (χ1n) is 8.53. The fourth-order valence-corrected chi connectivity index (χ4v) is 3.54. The standard InChI is InChI=1S/C20H17NO7S/c1-2-28-20(24)12-7-9-13(10-8-12)21-19(23)16-11-17(29(25,26)27)14-5-3-4-6-15(14)18(16)22/h3-11,22H,2H2,1H3,(H,21,23)(H,25,26,27). The van der Waals surface area contributed by atoms with E-state index in [4.69, 9.17) is 4.74 Å². The van der Waals surface area contributed by atoms with Crippen LogP contribution in [-0.2, 0) is 14.9 Å². The van der Waals surface area contributed by atoms with Crippen LogP contribution in [0.5, 0.6) is 5.75 Å². The molecule has 0 fully saturated rings. The van der Waals surface area contributed by atoms with Crippen LogP contribution in [0.2, 0.25) is 0 Å². The van der Waals surface area contributed by atoms with Gasteiger partial charge in [-0.15, -0.1) is 0 Å². The lowest BCUT2D eigenvalue weighted by Gasteiger charge is -2.12. The number of benzene rings is 3. The third kappa shape index (κ3) is 4.20. The van der Waals surface area contributed by atoms with Crippen molar-refractivity contribution in [2.24, 2.45) is 0 Å². The number of carbonyl (C=O) groups excluding carboxylic acids is 2. The molecule has 0 saturated carbocycles. The van der Waals surface area contributed by atoms with Gasteiger partial charge in [0.2, 0.25) is 0 Å². The zero-order chi connectivity index (χ0) is 21.2. The predicted octanol–water partition coefficient (Wildman–Crippen LogP) is 3.22. The smallest absolute Gasteiger partial charge is 0.338 e. The molecule has 150 valence electrons. The van der Waals surface area contributed by atoms with Crippen molar-refractivity contribution in [1.29, 1.82) is 0 Å². The SMILES string of the molecule is CCOC(=O)c1ccc(NC(=O)c2cc(S(=O)(=O)O)c3ccccc3c2O)cc1. The van der Waals surface area contributed by atoms with Gasteiger partial charge in [0.15, 0.2) is 0 Å². The van der Waals surface area contributed by atoms with Crippen LogP contribution in [0.25, 0.3) is 10.8 Å². The Balaban J connectivity index is 1.97. The van der Waals surface area contributed by atoms with Gasteiger partial charge in [0, 0.05) is 16.5 Å². The number of hydrogen-bond donors (Lipinski definition) is 3. The monoisotopic (exact) mass is 415 g/mol. The minimum Gasteiger partial charge on any atom is -0.506 e. The second-order valence-corrected chi connectivity index (χ2v) is 7.43. The molecule has 3 rings (SSSR count). The van der Waals surface area contributed by atoms with Gasteiger partial charge in [-0.25, -0.2) is 4.79 Å². The second kappa shape index (κ2) is 7.90. The molecule has 3 aromatic rings. The van der Waals surface area contributed by atoms with Gasteiger partial charge < -0.3 is 15.2 Å². The molecule has 0 saturated heterocycles. The molecule has 9 heteroatoms. The van der Waals surface area contributed by atoms with Crippen LogP contribution < -0.4 is 5.32 Å². The molecule has 0 bridgehead atoms. The summed E-state index contributed by atoms with van der Waals surface area (Å²) in [5.74, 6) is -1.72. The van der Waals surface area contributed by atoms with Crippen molar-refractivity contribution < 1.29 is 32.4 Å². The first kappa shape index (κ1) is 20.3. The molecule has 0 aliphatic carbocycles. The van der Waals surface area contributed by atoms with E-state index in [2.05, 4.69) is 5.32 Å². The molecule has 0 radical (unpaired) electrons. The first-order chi connectivity index (χ1) is 13.7. The molecule has 3 N–H and O–H groups in total. The summed E-state index contributed by atoms with van der Waals surface area (Å²) in [5, 5.41) is 13.2. The van der Waals surface area contributed by atoms with Gasteiger partial charge in [0.05, 0.1) is 17.7 Å². The number of amides is 1. The molecule has 0 aromatic heterocycles. The Kier molecular flexibility index (Phi) is 5.53. The molecular weight excluding hydrogens is 398 g/mol. The van der Waals surface area contributed by atoms with Gasteiger partial charge in [-0.3, -0.25) is 9.35 Å². The van der Waals surface area contributed by atoms with E-state index in [9.17, 15) is 27.7 Å². The number of rotatable bonds is 5. The summed E-state index contributed by atoms with van der Waals surface area (Å²) in [6, 6.07) is 12.7. The Labute approximate surface area is 166 Å². The molecular formula is C20H17NO7S. The van der Waals surface area contributed by atoms with Crippen LogP contribution in [0.4, 0.5) is 5.69 Å². The number of anilines is 1. The number of phenols is 1. The highest BCUT2D eigenvalue weighted by Gasteiger charge is 2.22. The average molecular weight is 415 g/mol. The lowest BCUT2D eigenvalue weighted by molar-refractivity contribution is 0.0526. The number of ether oxygens (including phenoxy) is 1. The molecule has 0 atom stereocenters. The van der Waals surface area contributed by atoms with Crippen molar-refractivity contribution in [3.8, 4) is 5.75 Å². The van der Waals surface area contributed by atoms with E-state index >= 15 is 0 Å². The summed E-state index contributed by atoms with van der Waals surface area (Å²) in [7, 11) is -4.64. The zero-order valence-electron chi connectivity index (χ0n) is 15.2. The number of fused-ring (bicyclic) bond motifs is 1. The molecule has 0 spiro atoms. The van der Waals surface area contributed by atoms with Crippen LogP contribution >= 0.6 is 0 Å². The lowest BCUT2D eigenvalue weighted by atomic mass is 10.0. The predicted molar refractivity (Wildman–Crippen MR) is 106 cm³/mol. The number of nitrogens with one attached hydrogen (secondary N) is 1. The summed E-state index contributed by atoms with van der Waals surface area (Å²) in [6.45, 7) is 1.91. The third-order valence-electron chi connectivity index (χ3n) is 4.15. The number of phenolic OH excluding ortho intramolecular Hbond substituents is 1. The highest BCUT2D eigenvalue weighted by Crippen LogP contribution is 2.34. The summed E-state index contributed by atoms with van der Waals surface area (Å²) in [6.07, 6.45) is 0. The minimum absolute atomic E-state index is 0.0860. The van der Waals surface area contributed by atoms with Crippen LogP contribution in [-0.4, -0.2) is 36.6 Å². The molecule has 8 nitrogen and oxygen atoms in total. The normalized spacial score (nSPS) is 11.2. The Hall–Kier alpha value is -3.43. The molecule has 0 unspecified atom stereocenters. The van der Waals surface area contributed by atoms with Crippen LogP contribution in [0, 0.1) is 0 Å². The van der Waals surface area contributed by atoms with E-state index in [0.717, 1.165) is 6.07 Å². The van der Waals surface area contributed by atoms with Crippen molar-refractivity contribution in [2.45, 2.75) is 11.8 Å². The summed E-state index contributed by atoms with van der Waals surface area (Å²) in [5.41, 5.74) is 0.280. The van der Waals surface area contributed by atoms with E-state index in [-0.39, 0.29) is 22.9 Å². The third-order valence-corrected chi connectivity index (χ3v) is 5.05. The van der Waals surface area contributed by atoms with Crippen molar-refractivity contribution >= 4 is 38.5 Å². The number of carbonyl (C=O) groups is 2. The zero-order valence-corrected chi connectivity index (χ0v) is 16.1. The topological polar surface area (TPSA) is 130 Å². The second-order valence-electron chi connectivity index (χ2n) is 6.04. The van der Waals surface area contributed by atoms with Crippen molar-refractivity contribution in [3.05, 3.63) is 65.7 Å². The largest absolute Gasteiger partial charge is 0.506 e. The van der Waals surface area contributed by atoms with Gasteiger partial charge >= 0.3 is 5.97 Å². The lowest BCUT2D eigenvalue weighted by Crippen LogP contribution is -2.14. The van der Waals surface area contributed by atoms with E-state index < -0.39 is 32.6 Å². The quantitative estimate of drug-likeness (QED) is 0.431. The average Bonchev–Trinajstić information content (AvgIpc) is 2.68. The van der Waals surface area contributed by atoms with Gasteiger partial charge in [0.1, 0.15) is 10.6 Å². The summed E-state index contributed by atoms with van der Waals surface area (Å²) < 4.78 is 37.9. The van der Waals surface area contributed by atoms with Crippen LogP contribution in [0.3, 0.4) is 0 Å². The number of hydrogen-bond acceptors (Lipinski definition) is 6. The molecule has 1 amide bonds. The molecule has 0 aliphatic heterocycles. The Bertz CT molecular complexity index is 1200. The van der Waals surface area contributed by atoms with Gasteiger partial charge in [0.25, 0.3) is 16.0 Å². The molecule has 29 heavy (non-hydrogen) atoms. The van der Waals surface area contributed by atoms with Gasteiger partial charge in [-0.1, -0.05) is 24.3 Å². The van der Waals surface area contributed by atoms with Gasteiger partial charge in [-0.2, -0.15) is 8.42 Å². The Morgan fingerprint density at radius 1 is 1.03 bits per heavy atom. The summed E-state index contributed by atoms with van der Waals surface area (Å²) in [4.78, 5) is 23.8. The number of aromatic hydroxyl groups is 1. The Morgan fingerprint density at radius 3 is 2.24 bits per heavy atom. The first-order valence-corrected chi connectivity index (χ1v) is 9.97. The van der Waals surface area contributed by atoms with Crippen molar-refractivity contribution in [3.63, 3.8) is 0 Å². The molecule has 3 aromatic carbocycles. The number of esters is 1. The maximum atomic E-state index is 12.6. The van der Waals surface area contributed by atoms with E-state index in [0.29, 0.717) is 11.3 Å². The fourth-order valence-electron chi connectivity index (χ4n) is 2.82. The molecule has 0 aliphatic rings. The van der Waals surface area contributed by atoms with Crippen LogP contribution in [0.15, 0.2) is 59.5 Å². The fraction of sp³-hybridized carbons (Fsp3) is 0.100. The Morgan fingerprint density at radius 2 is 1.66 bits per heavy atom. The highest BCUT2D eigenvalue weighted by molar-refractivity contribution is 7.86. The van der Waals surface area contributed by atoms with Crippen molar-refractivity contribution in [2.75, 3.05) is 11.9 Å². The summed E-state index contributed by atoms with van der Waals surface area (Å²) >= 11 is 0. The van der Waals surface area contributed by atoms with Crippen LogP contribution in [0.1, 0.15) is 27.6 Å². The van der Waals surface area contributed by atoms with E-state index in [1.165, 1.54) is 36.4 Å².